The van der Waals surface area contributed by atoms with E-state index < -0.39 is 0 Å². The lowest BCUT2D eigenvalue weighted by Crippen LogP contribution is -2.13. The zero-order valence-electron chi connectivity index (χ0n) is 15.1. The van der Waals surface area contributed by atoms with Crippen molar-refractivity contribution in [2.45, 2.75) is 26.2 Å². The quantitative estimate of drug-likeness (QED) is 0.646. The summed E-state index contributed by atoms with van der Waals surface area (Å²) in [6.45, 7) is 3.66. The predicted molar refractivity (Wildman–Crippen MR) is 101 cm³/mol. The minimum atomic E-state index is 0.0943. The lowest BCUT2D eigenvalue weighted by molar-refractivity contribution is -0.117. The van der Waals surface area contributed by atoms with Crippen LogP contribution in [0.3, 0.4) is 0 Å². The van der Waals surface area contributed by atoms with Crippen molar-refractivity contribution in [1.29, 1.82) is 0 Å². The van der Waals surface area contributed by atoms with Crippen LogP contribution in [-0.4, -0.2) is 25.7 Å². The number of benzene rings is 2. The maximum Gasteiger partial charge on any atom is 0.227 e. The zero-order valence-corrected chi connectivity index (χ0v) is 15.1. The van der Waals surface area contributed by atoms with Gasteiger partial charge in [-0.1, -0.05) is 13.0 Å². The summed E-state index contributed by atoms with van der Waals surface area (Å²) in [5.41, 5.74) is 0.767. The standard InChI is InChI=1S/C21H25NO4/c1-2-12-24-18-8-10-19(11-9-18)25-13-14-26-20-5-3-4-17(15-20)22-21(23)16-6-7-16/h3-5,8-11,15-16H,2,6-7,12-14H2,1H3,(H,22,23). The normalized spacial score (nSPS) is 13.1. The number of nitrogens with one attached hydrogen (secondary N) is 1. The van der Waals surface area contributed by atoms with Crippen LogP contribution in [0.15, 0.2) is 48.5 Å². The van der Waals surface area contributed by atoms with Crippen molar-refractivity contribution in [3.05, 3.63) is 48.5 Å². The molecule has 0 heterocycles. The third-order valence-corrected chi connectivity index (χ3v) is 3.97. The minimum absolute atomic E-state index is 0.0943. The van der Waals surface area contributed by atoms with Crippen molar-refractivity contribution in [1.82, 2.24) is 0 Å². The van der Waals surface area contributed by atoms with Gasteiger partial charge in [-0.15, -0.1) is 0 Å². The molecule has 2 aromatic carbocycles. The van der Waals surface area contributed by atoms with E-state index >= 15 is 0 Å². The van der Waals surface area contributed by atoms with E-state index in [1.165, 1.54) is 0 Å². The van der Waals surface area contributed by atoms with E-state index in [1.54, 1.807) is 0 Å². The highest BCUT2D eigenvalue weighted by Crippen LogP contribution is 2.30. The molecule has 1 saturated carbocycles. The Kier molecular flexibility index (Phi) is 6.36. The van der Waals surface area contributed by atoms with Crippen molar-refractivity contribution in [3.63, 3.8) is 0 Å². The molecule has 0 spiro atoms. The van der Waals surface area contributed by atoms with Crippen LogP contribution in [-0.2, 0) is 4.79 Å². The second kappa shape index (κ2) is 9.13. The van der Waals surface area contributed by atoms with E-state index in [0.717, 1.165) is 36.4 Å². The SMILES string of the molecule is CCCOc1ccc(OCCOc2cccc(NC(=O)C3CC3)c2)cc1. The van der Waals surface area contributed by atoms with E-state index in [2.05, 4.69) is 12.2 Å². The summed E-state index contributed by atoms with van der Waals surface area (Å²) in [5.74, 6) is 2.62. The molecule has 0 aromatic heterocycles. The van der Waals surface area contributed by atoms with Gasteiger partial charge in [0.1, 0.15) is 30.5 Å². The van der Waals surface area contributed by atoms with Crippen LogP contribution in [0.25, 0.3) is 0 Å². The van der Waals surface area contributed by atoms with Crippen molar-refractivity contribution in [3.8, 4) is 17.2 Å². The maximum atomic E-state index is 11.8. The lowest BCUT2D eigenvalue weighted by atomic mass is 10.3. The molecule has 2 aromatic rings. The number of carbonyl (C=O) groups excluding carboxylic acids is 1. The largest absolute Gasteiger partial charge is 0.494 e. The molecule has 0 radical (unpaired) electrons. The number of anilines is 1. The van der Waals surface area contributed by atoms with Crippen LogP contribution in [0.4, 0.5) is 5.69 Å². The predicted octanol–water partition coefficient (Wildman–Crippen LogP) is 4.28. The van der Waals surface area contributed by atoms with Gasteiger partial charge in [-0.25, -0.2) is 0 Å². The minimum Gasteiger partial charge on any atom is -0.494 e. The molecule has 138 valence electrons. The highest BCUT2D eigenvalue weighted by atomic mass is 16.5. The van der Waals surface area contributed by atoms with E-state index in [0.29, 0.717) is 25.6 Å². The average molecular weight is 355 g/mol. The van der Waals surface area contributed by atoms with E-state index in [1.807, 2.05) is 48.5 Å². The summed E-state index contributed by atoms with van der Waals surface area (Å²) in [7, 11) is 0. The molecule has 0 atom stereocenters. The summed E-state index contributed by atoms with van der Waals surface area (Å²) < 4.78 is 16.9. The summed E-state index contributed by atoms with van der Waals surface area (Å²) >= 11 is 0. The summed E-state index contributed by atoms with van der Waals surface area (Å²) in [6.07, 6.45) is 2.97. The first-order chi connectivity index (χ1) is 12.7. The monoisotopic (exact) mass is 355 g/mol. The molecular formula is C21H25NO4. The second-order valence-electron chi connectivity index (χ2n) is 6.31. The molecule has 0 unspecified atom stereocenters. The van der Waals surface area contributed by atoms with E-state index in [-0.39, 0.29) is 11.8 Å². The van der Waals surface area contributed by atoms with Gasteiger partial charge in [0, 0.05) is 17.7 Å². The Hall–Kier alpha value is -2.69. The van der Waals surface area contributed by atoms with Crippen molar-refractivity contribution < 1.29 is 19.0 Å². The molecule has 0 bridgehead atoms. The van der Waals surface area contributed by atoms with Gasteiger partial charge in [0.05, 0.1) is 6.61 Å². The van der Waals surface area contributed by atoms with Gasteiger partial charge in [-0.3, -0.25) is 4.79 Å². The molecule has 1 aliphatic carbocycles. The first kappa shape index (κ1) is 18.1. The molecule has 1 N–H and O–H groups in total. The molecule has 5 heteroatoms. The Morgan fingerprint density at radius 1 is 0.923 bits per heavy atom. The Labute approximate surface area is 154 Å². The van der Waals surface area contributed by atoms with Crippen molar-refractivity contribution in [2.24, 2.45) is 5.92 Å². The number of rotatable bonds is 10. The molecule has 1 amide bonds. The van der Waals surface area contributed by atoms with Crippen LogP contribution < -0.4 is 19.5 Å². The molecule has 3 rings (SSSR count). The van der Waals surface area contributed by atoms with Crippen LogP contribution in [0.1, 0.15) is 26.2 Å². The van der Waals surface area contributed by atoms with Crippen molar-refractivity contribution in [2.75, 3.05) is 25.1 Å². The molecule has 1 fully saturated rings. The summed E-state index contributed by atoms with van der Waals surface area (Å²) in [6, 6.07) is 15.0. The topological polar surface area (TPSA) is 56.8 Å². The molecule has 5 nitrogen and oxygen atoms in total. The van der Waals surface area contributed by atoms with Gasteiger partial charge in [0.15, 0.2) is 0 Å². The van der Waals surface area contributed by atoms with Crippen molar-refractivity contribution >= 4 is 11.6 Å². The molecule has 0 saturated heterocycles. The number of hydrogen-bond donors (Lipinski definition) is 1. The Bertz CT molecular complexity index is 710. The maximum absolute atomic E-state index is 11.8. The summed E-state index contributed by atoms with van der Waals surface area (Å²) in [5, 5.41) is 2.92. The molecular weight excluding hydrogens is 330 g/mol. The van der Waals surface area contributed by atoms with Gasteiger partial charge < -0.3 is 19.5 Å². The Morgan fingerprint density at radius 2 is 1.54 bits per heavy atom. The smallest absolute Gasteiger partial charge is 0.227 e. The highest BCUT2D eigenvalue weighted by molar-refractivity contribution is 5.94. The average Bonchev–Trinajstić information content (AvgIpc) is 3.50. The molecule has 26 heavy (non-hydrogen) atoms. The van der Waals surface area contributed by atoms with Gasteiger partial charge in [-0.2, -0.15) is 0 Å². The van der Waals surface area contributed by atoms with Gasteiger partial charge >= 0.3 is 0 Å². The fourth-order valence-electron chi connectivity index (χ4n) is 2.42. The third-order valence-electron chi connectivity index (χ3n) is 3.97. The van der Waals surface area contributed by atoms with Gasteiger partial charge in [-0.05, 0) is 55.7 Å². The Morgan fingerprint density at radius 3 is 2.15 bits per heavy atom. The second-order valence-corrected chi connectivity index (χ2v) is 6.31. The van der Waals surface area contributed by atoms with Crippen LogP contribution in [0, 0.1) is 5.92 Å². The third kappa shape index (κ3) is 5.69. The fourth-order valence-corrected chi connectivity index (χ4v) is 2.42. The summed E-state index contributed by atoms with van der Waals surface area (Å²) in [4.78, 5) is 11.8. The van der Waals surface area contributed by atoms with E-state index in [9.17, 15) is 4.79 Å². The Balaban J connectivity index is 1.39. The fraction of sp³-hybridized carbons (Fsp3) is 0.381. The number of carbonyl (C=O) groups is 1. The number of hydrogen-bond acceptors (Lipinski definition) is 4. The molecule has 0 aliphatic heterocycles. The van der Waals surface area contributed by atoms with Crippen LogP contribution in [0.2, 0.25) is 0 Å². The zero-order chi connectivity index (χ0) is 18.2. The van der Waals surface area contributed by atoms with Crippen LogP contribution in [0.5, 0.6) is 17.2 Å². The van der Waals surface area contributed by atoms with Crippen LogP contribution >= 0.6 is 0 Å². The lowest BCUT2D eigenvalue weighted by Gasteiger charge is -2.11. The molecule has 1 aliphatic rings. The number of amides is 1. The highest BCUT2D eigenvalue weighted by Gasteiger charge is 2.29. The van der Waals surface area contributed by atoms with E-state index in [4.69, 9.17) is 14.2 Å². The first-order valence-corrected chi connectivity index (χ1v) is 9.14. The van der Waals surface area contributed by atoms with Gasteiger partial charge in [0.2, 0.25) is 5.91 Å². The number of ether oxygens (including phenoxy) is 3. The first-order valence-electron chi connectivity index (χ1n) is 9.14. The van der Waals surface area contributed by atoms with Gasteiger partial charge in [0.25, 0.3) is 0 Å².